The van der Waals surface area contributed by atoms with Gasteiger partial charge in [0.25, 0.3) is 0 Å². The number of hydrogen-bond acceptors (Lipinski definition) is 5. The molecule has 142 valence electrons. The summed E-state index contributed by atoms with van der Waals surface area (Å²) in [5.41, 5.74) is 2.29. The monoisotopic (exact) mass is 394 g/mol. The van der Waals surface area contributed by atoms with E-state index in [1.165, 1.54) is 5.56 Å². The molecular formula is C20H27ClN2O2S. The van der Waals surface area contributed by atoms with Crippen molar-refractivity contribution in [2.45, 2.75) is 25.5 Å². The van der Waals surface area contributed by atoms with Crippen LogP contribution in [0, 0.1) is 0 Å². The zero-order chi connectivity index (χ0) is 18.9. The summed E-state index contributed by atoms with van der Waals surface area (Å²) >= 11 is 7.66. The molecule has 0 spiro atoms. The van der Waals surface area contributed by atoms with Crippen LogP contribution in [-0.4, -0.2) is 43.7 Å². The fourth-order valence-electron chi connectivity index (χ4n) is 2.54. The molecule has 0 amide bonds. The van der Waals surface area contributed by atoms with Crippen molar-refractivity contribution < 1.29 is 9.84 Å². The second kappa shape index (κ2) is 10.7. The van der Waals surface area contributed by atoms with Crippen LogP contribution in [0.15, 0.2) is 48.5 Å². The van der Waals surface area contributed by atoms with Crippen molar-refractivity contribution in [3.63, 3.8) is 0 Å². The van der Waals surface area contributed by atoms with Crippen molar-refractivity contribution in [1.82, 2.24) is 5.32 Å². The third-order valence-corrected chi connectivity index (χ3v) is 5.04. The minimum atomic E-state index is -0.564. The molecule has 0 bridgehead atoms. The summed E-state index contributed by atoms with van der Waals surface area (Å²) in [6.45, 7) is 2.83. The van der Waals surface area contributed by atoms with Crippen LogP contribution in [0.1, 0.15) is 12.5 Å². The highest BCUT2D eigenvalue weighted by atomic mass is 35.5. The molecule has 0 aromatic heterocycles. The Morgan fingerprint density at radius 3 is 2.62 bits per heavy atom. The lowest BCUT2D eigenvalue weighted by molar-refractivity contribution is 0.104. The number of aliphatic hydroxyl groups excluding tert-OH is 1. The van der Waals surface area contributed by atoms with Crippen LogP contribution < -0.4 is 14.4 Å². The molecule has 2 rings (SSSR count). The third kappa shape index (κ3) is 7.08. The Morgan fingerprint density at radius 1 is 1.23 bits per heavy atom. The van der Waals surface area contributed by atoms with Gasteiger partial charge in [-0.1, -0.05) is 35.7 Å². The number of aliphatic hydroxyl groups is 1. The zero-order valence-electron chi connectivity index (χ0n) is 15.5. The van der Waals surface area contributed by atoms with Gasteiger partial charge in [-0.25, -0.2) is 0 Å². The maximum atomic E-state index is 10.1. The van der Waals surface area contributed by atoms with Crippen LogP contribution in [0.2, 0.25) is 5.02 Å². The summed E-state index contributed by atoms with van der Waals surface area (Å²) in [4.78, 5) is 0. The number of hydrogen-bond donors (Lipinski definition) is 2. The van der Waals surface area contributed by atoms with E-state index < -0.39 is 6.10 Å². The van der Waals surface area contributed by atoms with Gasteiger partial charge in [-0.2, -0.15) is 0 Å². The average Bonchev–Trinajstić information content (AvgIpc) is 2.64. The molecule has 0 aliphatic carbocycles. The second-order valence-corrected chi connectivity index (χ2v) is 7.63. The molecule has 2 aromatic carbocycles. The first-order valence-electron chi connectivity index (χ1n) is 8.64. The minimum Gasteiger partial charge on any atom is -0.491 e. The van der Waals surface area contributed by atoms with Crippen molar-refractivity contribution in [1.29, 1.82) is 0 Å². The second-order valence-electron chi connectivity index (χ2n) is 6.28. The lowest BCUT2D eigenvalue weighted by atomic mass is 10.1. The zero-order valence-corrected chi connectivity index (χ0v) is 17.1. The molecule has 2 atom stereocenters. The molecule has 2 unspecified atom stereocenters. The number of ether oxygens (including phenoxy) is 1. The molecule has 2 aromatic rings. The first-order valence-corrected chi connectivity index (χ1v) is 10.2. The summed E-state index contributed by atoms with van der Waals surface area (Å²) < 4.78 is 7.74. The topological polar surface area (TPSA) is 44.7 Å². The fourth-order valence-corrected chi connectivity index (χ4v) is 3.08. The molecule has 4 nitrogen and oxygen atoms in total. The number of rotatable bonds is 10. The lowest BCUT2D eigenvalue weighted by Crippen LogP contribution is -2.37. The highest BCUT2D eigenvalue weighted by Crippen LogP contribution is 2.22. The lowest BCUT2D eigenvalue weighted by Gasteiger charge is -2.18. The van der Waals surface area contributed by atoms with Gasteiger partial charge in [0.1, 0.15) is 18.5 Å². The van der Waals surface area contributed by atoms with Crippen LogP contribution in [0.4, 0.5) is 5.69 Å². The number of nitrogens with one attached hydrogen (secondary N) is 1. The van der Waals surface area contributed by atoms with Crippen LogP contribution in [0.3, 0.4) is 0 Å². The number of anilines is 1. The van der Waals surface area contributed by atoms with E-state index in [9.17, 15) is 5.11 Å². The highest BCUT2D eigenvalue weighted by Gasteiger charge is 2.09. The van der Waals surface area contributed by atoms with E-state index >= 15 is 0 Å². The van der Waals surface area contributed by atoms with Crippen LogP contribution >= 0.6 is 23.5 Å². The Balaban J connectivity index is 1.70. The summed E-state index contributed by atoms with van der Waals surface area (Å²) in [7, 11) is 2.01. The maximum absolute atomic E-state index is 10.1. The number of nitrogens with zero attached hydrogens (tertiary/aromatic N) is 1. The van der Waals surface area contributed by atoms with Crippen molar-refractivity contribution in [3.05, 3.63) is 59.1 Å². The highest BCUT2D eigenvalue weighted by molar-refractivity contribution is 7.99. The molecule has 0 saturated carbocycles. The predicted molar refractivity (Wildman–Crippen MR) is 112 cm³/mol. The van der Waals surface area contributed by atoms with E-state index in [-0.39, 0.29) is 12.6 Å². The van der Waals surface area contributed by atoms with Crippen LogP contribution in [0.25, 0.3) is 0 Å². The van der Waals surface area contributed by atoms with E-state index in [1.807, 2.05) is 55.8 Å². The van der Waals surface area contributed by atoms with Gasteiger partial charge in [0, 0.05) is 36.6 Å². The normalized spacial score (nSPS) is 13.3. The average molecular weight is 395 g/mol. The summed E-state index contributed by atoms with van der Waals surface area (Å²) in [5, 5.41) is 14.2. The molecule has 0 radical (unpaired) electrons. The van der Waals surface area contributed by atoms with Gasteiger partial charge in [-0.3, -0.25) is 0 Å². The molecule has 0 fully saturated rings. The predicted octanol–water partition coefficient (Wildman–Crippen LogP) is 4.01. The van der Waals surface area contributed by atoms with E-state index in [0.29, 0.717) is 6.54 Å². The molecule has 26 heavy (non-hydrogen) atoms. The minimum absolute atomic E-state index is 0.240. The van der Waals surface area contributed by atoms with Gasteiger partial charge in [-0.15, -0.1) is 0 Å². The Morgan fingerprint density at radius 2 is 1.96 bits per heavy atom. The summed E-state index contributed by atoms with van der Waals surface area (Å²) in [5.74, 6) is 0.759. The molecule has 0 heterocycles. The summed E-state index contributed by atoms with van der Waals surface area (Å²) in [6.07, 6.45) is 2.32. The fraction of sp³-hybridized carbons (Fsp3) is 0.400. The Hall–Kier alpha value is -1.40. The van der Waals surface area contributed by atoms with E-state index in [2.05, 4.69) is 22.6 Å². The van der Waals surface area contributed by atoms with Crippen molar-refractivity contribution in [2.24, 2.45) is 0 Å². The Kier molecular flexibility index (Phi) is 8.59. The molecule has 0 aliphatic heterocycles. The number of benzene rings is 2. The van der Waals surface area contributed by atoms with Gasteiger partial charge in [0.2, 0.25) is 0 Å². The van der Waals surface area contributed by atoms with Crippen molar-refractivity contribution >= 4 is 29.2 Å². The van der Waals surface area contributed by atoms with Gasteiger partial charge >= 0.3 is 0 Å². The van der Waals surface area contributed by atoms with Crippen LogP contribution in [-0.2, 0) is 6.42 Å². The first-order chi connectivity index (χ1) is 12.5. The van der Waals surface area contributed by atoms with Gasteiger partial charge < -0.3 is 19.5 Å². The molecule has 2 N–H and O–H groups in total. The van der Waals surface area contributed by atoms with Gasteiger partial charge in [0.15, 0.2) is 0 Å². The third-order valence-electron chi connectivity index (χ3n) is 4.05. The van der Waals surface area contributed by atoms with E-state index in [0.717, 1.165) is 22.9 Å². The van der Waals surface area contributed by atoms with E-state index in [4.69, 9.17) is 16.3 Å². The summed E-state index contributed by atoms with van der Waals surface area (Å²) in [6, 6.07) is 15.9. The molecule has 0 saturated heterocycles. The molecular weight excluding hydrogens is 368 g/mol. The van der Waals surface area contributed by atoms with E-state index in [1.54, 1.807) is 11.9 Å². The largest absolute Gasteiger partial charge is 0.491 e. The van der Waals surface area contributed by atoms with Crippen molar-refractivity contribution in [3.8, 4) is 5.75 Å². The quantitative estimate of drug-likeness (QED) is 0.596. The molecule has 6 heteroatoms. The smallest absolute Gasteiger partial charge is 0.119 e. The van der Waals surface area contributed by atoms with Crippen LogP contribution in [0.5, 0.6) is 5.75 Å². The Labute approximate surface area is 165 Å². The SMILES string of the molecule is CSN(C)c1ccc(OCC(O)CNC(C)Cc2cccc(Cl)c2)cc1. The number of halogens is 1. The first kappa shape index (κ1) is 20.9. The van der Waals surface area contributed by atoms with Gasteiger partial charge in [-0.05, 0) is 55.3 Å². The van der Waals surface area contributed by atoms with Gasteiger partial charge in [0.05, 0.1) is 0 Å². The molecule has 0 aliphatic rings. The standard InChI is InChI=1S/C20H27ClN2O2S/c1-15(11-16-5-4-6-17(21)12-16)22-13-19(24)14-25-20-9-7-18(8-10-20)23(2)26-3/h4-10,12,15,19,22,24H,11,13-14H2,1-3H3. The maximum Gasteiger partial charge on any atom is 0.119 e. The Bertz CT molecular complexity index is 669. The van der Waals surface area contributed by atoms with Crippen molar-refractivity contribution in [2.75, 3.05) is 30.8 Å².